The summed E-state index contributed by atoms with van der Waals surface area (Å²) < 4.78 is 1.01. The Kier molecular flexibility index (Phi) is 2.22. The summed E-state index contributed by atoms with van der Waals surface area (Å²) in [5, 5.41) is 0. The van der Waals surface area contributed by atoms with E-state index < -0.39 is 0 Å². The molecule has 4 heteroatoms. The quantitative estimate of drug-likeness (QED) is 0.594. The summed E-state index contributed by atoms with van der Waals surface area (Å²) in [6.45, 7) is 0. The van der Waals surface area contributed by atoms with Gasteiger partial charge in [0, 0.05) is 21.5 Å². The van der Waals surface area contributed by atoms with Gasteiger partial charge in [-0.1, -0.05) is 0 Å². The first-order valence-electron chi connectivity index (χ1n) is 3.67. The van der Waals surface area contributed by atoms with Gasteiger partial charge in [-0.05, 0) is 34.7 Å². The van der Waals surface area contributed by atoms with Crippen LogP contribution >= 0.6 is 22.6 Å². The van der Waals surface area contributed by atoms with E-state index in [4.69, 9.17) is 0 Å². The lowest BCUT2D eigenvalue weighted by Crippen LogP contribution is -1.91. The fourth-order valence-electron chi connectivity index (χ4n) is 1.14. The van der Waals surface area contributed by atoms with Crippen LogP contribution in [0, 0.1) is 3.57 Å². The highest BCUT2D eigenvalue weighted by Gasteiger charge is 2.04. The second kappa shape index (κ2) is 3.37. The third-order valence-electron chi connectivity index (χ3n) is 1.73. The SMILES string of the molecule is O=Cc1ccc(I)c2nccnc12. The minimum absolute atomic E-state index is 0.587. The van der Waals surface area contributed by atoms with Crippen LogP contribution in [0.15, 0.2) is 24.5 Å². The van der Waals surface area contributed by atoms with Crippen molar-refractivity contribution in [3.63, 3.8) is 0 Å². The maximum absolute atomic E-state index is 10.7. The Bertz CT molecular complexity index is 470. The zero-order valence-electron chi connectivity index (χ0n) is 6.57. The maximum Gasteiger partial charge on any atom is 0.152 e. The monoisotopic (exact) mass is 284 g/mol. The molecule has 0 saturated heterocycles. The number of carbonyl (C=O) groups excluding carboxylic acids is 1. The molecule has 0 atom stereocenters. The molecule has 0 aliphatic heterocycles. The van der Waals surface area contributed by atoms with Gasteiger partial charge in [0.1, 0.15) is 11.0 Å². The number of carbonyl (C=O) groups is 1. The molecule has 0 saturated carbocycles. The first kappa shape index (κ1) is 8.55. The average Bonchev–Trinajstić information content (AvgIpc) is 2.19. The molecule has 0 aliphatic carbocycles. The fourth-order valence-corrected chi connectivity index (χ4v) is 1.71. The Morgan fingerprint density at radius 1 is 1.15 bits per heavy atom. The molecule has 2 aromatic rings. The molecule has 0 unspecified atom stereocenters. The molecule has 2 rings (SSSR count). The van der Waals surface area contributed by atoms with Crippen molar-refractivity contribution in [2.75, 3.05) is 0 Å². The van der Waals surface area contributed by atoms with Gasteiger partial charge in [-0.2, -0.15) is 0 Å². The molecule has 0 N–H and O–H groups in total. The normalized spacial score (nSPS) is 10.2. The first-order chi connectivity index (χ1) is 6.33. The van der Waals surface area contributed by atoms with E-state index in [1.807, 2.05) is 6.07 Å². The fraction of sp³-hybridized carbons (Fsp3) is 0. The zero-order chi connectivity index (χ0) is 9.26. The second-order valence-corrected chi connectivity index (χ2v) is 3.67. The molecule has 13 heavy (non-hydrogen) atoms. The standard InChI is InChI=1S/C9H5IN2O/c10-7-2-1-6(5-13)8-9(7)12-4-3-11-8/h1-5H. The molecule has 0 amide bonds. The molecule has 0 spiro atoms. The highest BCUT2D eigenvalue weighted by atomic mass is 127. The molecule has 64 valence electrons. The van der Waals surface area contributed by atoms with Gasteiger partial charge in [0.15, 0.2) is 6.29 Å². The molecule has 3 nitrogen and oxygen atoms in total. The van der Waals surface area contributed by atoms with Gasteiger partial charge in [0.2, 0.25) is 0 Å². The van der Waals surface area contributed by atoms with E-state index in [0.717, 1.165) is 15.4 Å². The van der Waals surface area contributed by atoms with Crippen LogP contribution in [-0.4, -0.2) is 16.3 Å². The first-order valence-corrected chi connectivity index (χ1v) is 4.75. The van der Waals surface area contributed by atoms with Crippen LogP contribution in [0.5, 0.6) is 0 Å². The van der Waals surface area contributed by atoms with Crippen LogP contribution in [0.1, 0.15) is 10.4 Å². The molecule has 0 radical (unpaired) electrons. The van der Waals surface area contributed by atoms with E-state index in [0.29, 0.717) is 11.1 Å². The van der Waals surface area contributed by atoms with E-state index in [9.17, 15) is 4.79 Å². The van der Waals surface area contributed by atoms with Crippen LogP contribution in [0.2, 0.25) is 0 Å². The van der Waals surface area contributed by atoms with Crippen molar-refractivity contribution in [3.05, 3.63) is 33.7 Å². The molecule has 1 aromatic carbocycles. The number of aldehydes is 1. The summed E-state index contributed by atoms with van der Waals surface area (Å²) in [6.07, 6.45) is 4.01. The van der Waals surface area contributed by atoms with E-state index in [1.54, 1.807) is 18.5 Å². The van der Waals surface area contributed by atoms with Crippen LogP contribution < -0.4 is 0 Å². The number of nitrogens with zero attached hydrogens (tertiary/aromatic N) is 2. The maximum atomic E-state index is 10.7. The molecule has 1 aromatic heterocycles. The van der Waals surface area contributed by atoms with Gasteiger partial charge in [0.25, 0.3) is 0 Å². The van der Waals surface area contributed by atoms with Gasteiger partial charge in [-0.3, -0.25) is 14.8 Å². The van der Waals surface area contributed by atoms with E-state index >= 15 is 0 Å². The summed E-state index contributed by atoms with van der Waals surface area (Å²) in [5.74, 6) is 0. The van der Waals surface area contributed by atoms with Gasteiger partial charge in [-0.25, -0.2) is 0 Å². The van der Waals surface area contributed by atoms with Gasteiger partial charge >= 0.3 is 0 Å². The number of halogens is 1. The molecular weight excluding hydrogens is 279 g/mol. The average molecular weight is 284 g/mol. The van der Waals surface area contributed by atoms with Crippen LogP contribution in [0.3, 0.4) is 0 Å². The lowest BCUT2D eigenvalue weighted by atomic mass is 10.2. The van der Waals surface area contributed by atoms with Crippen molar-refractivity contribution >= 4 is 39.9 Å². The number of hydrogen-bond acceptors (Lipinski definition) is 3. The molecule has 0 fully saturated rings. The topological polar surface area (TPSA) is 42.9 Å². The smallest absolute Gasteiger partial charge is 0.152 e. The molecule has 0 bridgehead atoms. The lowest BCUT2D eigenvalue weighted by molar-refractivity contribution is 0.112. The molecular formula is C9H5IN2O. The number of fused-ring (bicyclic) bond motifs is 1. The van der Waals surface area contributed by atoms with Crippen molar-refractivity contribution < 1.29 is 4.79 Å². The number of hydrogen-bond donors (Lipinski definition) is 0. The molecule has 0 aliphatic rings. The summed E-state index contributed by atoms with van der Waals surface area (Å²) >= 11 is 2.17. The van der Waals surface area contributed by atoms with Crippen molar-refractivity contribution in [2.45, 2.75) is 0 Å². The van der Waals surface area contributed by atoms with E-state index in [1.165, 1.54) is 0 Å². The zero-order valence-corrected chi connectivity index (χ0v) is 8.72. The van der Waals surface area contributed by atoms with Crippen LogP contribution in [-0.2, 0) is 0 Å². The van der Waals surface area contributed by atoms with E-state index in [-0.39, 0.29) is 0 Å². The lowest BCUT2D eigenvalue weighted by Gasteiger charge is -1.99. The summed E-state index contributed by atoms with van der Waals surface area (Å²) in [7, 11) is 0. The van der Waals surface area contributed by atoms with Crippen molar-refractivity contribution in [3.8, 4) is 0 Å². The number of benzene rings is 1. The Balaban J connectivity index is 2.92. The van der Waals surface area contributed by atoms with Gasteiger partial charge in [0.05, 0.1) is 0 Å². The Morgan fingerprint density at radius 2 is 1.85 bits per heavy atom. The number of rotatable bonds is 1. The highest BCUT2D eigenvalue weighted by molar-refractivity contribution is 14.1. The third-order valence-corrected chi connectivity index (χ3v) is 2.60. The minimum Gasteiger partial charge on any atom is -0.298 e. The second-order valence-electron chi connectivity index (χ2n) is 2.51. The molecule has 1 heterocycles. The Labute approximate surface area is 88.3 Å². The Morgan fingerprint density at radius 3 is 2.54 bits per heavy atom. The van der Waals surface area contributed by atoms with Crippen molar-refractivity contribution in [1.82, 2.24) is 9.97 Å². The van der Waals surface area contributed by atoms with Crippen molar-refractivity contribution in [1.29, 1.82) is 0 Å². The largest absolute Gasteiger partial charge is 0.298 e. The van der Waals surface area contributed by atoms with Crippen molar-refractivity contribution in [2.24, 2.45) is 0 Å². The van der Waals surface area contributed by atoms with Crippen LogP contribution in [0.4, 0.5) is 0 Å². The van der Waals surface area contributed by atoms with E-state index in [2.05, 4.69) is 32.6 Å². The highest BCUT2D eigenvalue weighted by Crippen LogP contribution is 2.18. The van der Waals surface area contributed by atoms with Gasteiger partial charge < -0.3 is 0 Å². The summed E-state index contributed by atoms with van der Waals surface area (Å²) in [6, 6.07) is 3.62. The van der Waals surface area contributed by atoms with Crippen LogP contribution in [0.25, 0.3) is 11.0 Å². The number of aromatic nitrogens is 2. The minimum atomic E-state index is 0.587. The predicted molar refractivity (Wildman–Crippen MR) is 57.6 cm³/mol. The third kappa shape index (κ3) is 1.41. The van der Waals surface area contributed by atoms with Gasteiger partial charge in [-0.15, -0.1) is 0 Å². The predicted octanol–water partition coefficient (Wildman–Crippen LogP) is 2.05. The Hall–Kier alpha value is -1.04. The summed E-state index contributed by atoms with van der Waals surface area (Å²) in [4.78, 5) is 18.9. The summed E-state index contributed by atoms with van der Waals surface area (Å²) in [5.41, 5.74) is 2.04.